The molecule has 182 valence electrons. The van der Waals surface area contributed by atoms with Crippen molar-refractivity contribution in [1.29, 1.82) is 0 Å². The molecule has 5 aromatic carbocycles. The average molecular weight is 592 g/mol. The summed E-state index contributed by atoms with van der Waals surface area (Å²) in [5, 5.41) is 5.31. The number of aromatic nitrogens is 1. The number of hydrogen-bond donors (Lipinski definition) is 0. The van der Waals surface area contributed by atoms with E-state index in [1.54, 1.807) is 0 Å². The molecule has 0 spiro atoms. The first kappa shape index (κ1) is 26.9. The van der Waals surface area contributed by atoms with Crippen LogP contribution in [0.25, 0.3) is 43.7 Å². The molecular weight excluding hydrogens is 560 g/mol. The van der Waals surface area contributed by atoms with Gasteiger partial charge in [-0.05, 0) is 23.8 Å². The summed E-state index contributed by atoms with van der Waals surface area (Å²) in [4.78, 5) is 0. The number of fused-ring (bicyclic) bond motifs is 4. The minimum atomic E-state index is -0.826. The van der Waals surface area contributed by atoms with Crippen LogP contribution in [-0.4, -0.2) is 4.57 Å². The Kier molecular flexibility index (Phi) is 9.66. The molecule has 1 nitrogen and oxygen atoms in total. The van der Waals surface area contributed by atoms with Gasteiger partial charge in [0.1, 0.15) is 0 Å². The number of halogens is 2. The van der Waals surface area contributed by atoms with Crippen LogP contribution in [0, 0.1) is 6.92 Å². The number of aryl methyl sites for hydroxylation is 3. The molecule has 0 saturated heterocycles. The van der Waals surface area contributed by atoms with Crippen molar-refractivity contribution in [3.63, 3.8) is 0 Å². The molecule has 0 bridgehead atoms. The second kappa shape index (κ2) is 12.9. The van der Waals surface area contributed by atoms with Crippen LogP contribution in [0.15, 0.2) is 97.1 Å². The van der Waals surface area contributed by atoms with Crippen LogP contribution in [0.5, 0.6) is 0 Å². The molecule has 0 N–H and O–H groups in total. The molecule has 1 aromatic heterocycles. The van der Waals surface area contributed by atoms with E-state index in [2.05, 4.69) is 123 Å². The summed E-state index contributed by atoms with van der Waals surface area (Å²) < 4.78 is 2.28. The second-order valence-corrected chi connectivity index (χ2v) is 12.8. The van der Waals surface area contributed by atoms with Gasteiger partial charge in [0.25, 0.3) is 0 Å². The predicted molar refractivity (Wildman–Crippen MR) is 156 cm³/mol. The molecule has 6 rings (SSSR count). The SMILES string of the molecule is CCCCc1cc[cH-]c1.Cc1cc2c(-c3ccc4c(c3)c3ccccc3n4C)cccc2[cH-]1.[Cl][Zr+2][Cl]. The molecule has 0 radical (unpaired) electrons. The monoisotopic (exact) mass is 589 g/mol. The standard InChI is InChI=1S/C23H18N.C9H13.2ClH.Zr/c1-15-12-16-6-5-8-18(20(16)13-15)17-10-11-23-21(14-17)19-7-3-4-9-22(19)24(23)2;1-2-3-6-9-7-4-5-8-9;;;/h3-14H,1-2H3;4-5,7-8H,2-3,6H2,1H3;2*1H;/q2*-1;;;+4/p-2. The van der Waals surface area contributed by atoms with E-state index in [0.717, 1.165) is 0 Å². The Balaban J connectivity index is 0.000000213. The quantitative estimate of drug-likeness (QED) is 0.180. The van der Waals surface area contributed by atoms with Crippen molar-refractivity contribution in [2.24, 2.45) is 7.05 Å². The Morgan fingerprint density at radius 2 is 1.64 bits per heavy atom. The maximum atomic E-state index is 4.93. The molecular formula is C32H31Cl2NZr. The fourth-order valence-electron chi connectivity index (χ4n) is 4.93. The van der Waals surface area contributed by atoms with Gasteiger partial charge in [-0.25, -0.2) is 6.07 Å². The van der Waals surface area contributed by atoms with Gasteiger partial charge in [0.05, 0.1) is 0 Å². The van der Waals surface area contributed by atoms with Crippen molar-refractivity contribution in [3.05, 3.63) is 108 Å². The third-order valence-electron chi connectivity index (χ3n) is 6.67. The molecule has 0 atom stereocenters. The summed E-state index contributed by atoms with van der Waals surface area (Å²) in [5.41, 5.74) is 7.98. The molecule has 0 aliphatic rings. The molecule has 0 aliphatic heterocycles. The number of para-hydroxylation sites is 1. The first-order chi connectivity index (χ1) is 17.6. The number of unbranched alkanes of at least 4 members (excludes halogenated alkanes) is 1. The van der Waals surface area contributed by atoms with Crippen LogP contribution in [0.4, 0.5) is 0 Å². The molecule has 0 aliphatic carbocycles. The molecule has 1 heterocycles. The van der Waals surface area contributed by atoms with Crippen LogP contribution in [-0.2, 0) is 34.3 Å². The van der Waals surface area contributed by atoms with Crippen molar-refractivity contribution < 1.29 is 20.8 Å². The predicted octanol–water partition coefficient (Wildman–Crippen LogP) is 10.3. The zero-order valence-corrected chi connectivity index (χ0v) is 25.0. The van der Waals surface area contributed by atoms with E-state index >= 15 is 0 Å². The van der Waals surface area contributed by atoms with E-state index in [4.69, 9.17) is 17.0 Å². The second-order valence-electron chi connectivity index (χ2n) is 9.12. The molecule has 6 aromatic rings. The van der Waals surface area contributed by atoms with Gasteiger partial charge in [-0.2, -0.15) is 29.8 Å². The third kappa shape index (κ3) is 6.05. The van der Waals surface area contributed by atoms with Gasteiger partial charge in [-0.3, -0.25) is 0 Å². The van der Waals surface area contributed by atoms with Gasteiger partial charge in [0.2, 0.25) is 0 Å². The van der Waals surface area contributed by atoms with Crippen molar-refractivity contribution >= 4 is 49.6 Å². The van der Waals surface area contributed by atoms with Crippen molar-refractivity contribution in [2.45, 2.75) is 33.1 Å². The van der Waals surface area contributed by atoms with Crippen molar-refractivity contribution in [1.82, 2.24) is 4.57 Å². The first-order valence-electron chi connectivity index (χ1n) is 12.4. The summed E-state index contributed by atoms with van der Waals surface area (Å²) in [7, 11) is 12.0. The molecule has 36 heavy (non-hydrogen) atoms. The third-order valence-corrected chi connectivity index (χ3v) is 6.67. The number of rotatable bonds is 4. The minimum absolute atomic E-state index is 0.826. The van der Waals surface area contributed by atoms with Crippen LogP contribution in [0.3, 0.4) is 0 Å². The Bertz CT molecular complexity index is 1540. The van der Waals surface area contributed by atoms with Gasteiger partial charge in [0.15, 0.2) is 0 Å². The zero-order chi connectivity index (χ0) is 25.5. The number of nitrogens with zero attached hydrogens (tertiary/aromatic N) is 1. The van der Waals surface area contributed by atoms with E-state index < -0.39 is 20.8 Å². The Morgan fingerprint density at radius 3 is 2.39 bits per heavy atom. The van der Waals surface area contributed by atoms with Crippen molar-refractivity contribution in [3.8, 4) is 11.1 Å². The summed E-state index contributed by atoms with van der Waals surface area (Å²) >= 11 is -0.826. The topological polar surface area (TPSA) is 4.93 Å². The maximum absolute atomic E-state index is 4.93. The Hall–Kier alpha value is -2.12. The molecule has 0 unspecified atom stereocenters. The zero-order valence-electron chi connectivity index (χ0n) is 21.1. The Morgan fingerprint density at radius 1 is 0.861 bits per heavy atom. The first-order valence-corrected chi connectivity index (χ1v) is 18.7. The Labute approximate surface area is 233 Å². The van der Waals surface area contributed by atoms with Gasteiger partial charge >= 0.3 is 37.9 Å². The summed E-state index contributed by atoms with van der Waals surface area (Å²) in [6.45, 7) is 4.39. The summed E-state index contributed by atoms with van der Waals surface area (Å²) in [6, 6.07) is 35.2. The fraction of sp³-hybridized carbons (Fsp3) is 0.188. The van der Waals surface area contributed by atoms with E-state index in [1.807, 2.05) is 0 Å². The van der Waals surface area contributed by atoms with E-state index in [0.29, 0.717) is 0 Å². The van der Waals surface area contributed by atoms with Gasteiger partial charge in [-0.1, -0.05) is 69.0 Å². The summed E-state index contributed by atoms with van der Waals surface area (Å²) in [6.07, 6.45) is 3.87. The molecule has 0 saturated carbocycles. The van der Waals surface area contributed by atoms with Gasteiger partial charge in [0, 0.05) is 28.9 Å². The fourth-order valence-corrected chi connectivity index (χ4v) is 4.93. The van der Waals surface area contributed by atoms with Crippen molar-refractivity contribution in [2.75, 3.05) is 0 Å². The number of hydrogen-bond acceptors (Lipinski definition) is 0. The molecule has 0 fully saturated rings. The van der Waals surface area contributed by atoms with Gasteiger partial charge in [-0.15, -0.1) is 34.5 Å². The molecule has 4 heteroatoms. The van der Waals surface area contributed by atoms with Gasteiger partial charge < -0.3 is 4.57 Å². The van der Waals surface area contributed by atoms with E-state index in [1.165, 1.54) is 74.1 Å². The number of benzene rings is 3. The summed E-state index contributed by atoms with van der Waals surface area (Å²) in [5.74, 6) is 0. The van der Waals surface area contributed by atoms with E-state index in [9.17, 15) is 0 Å². The van der Waals surface area contributed by atoms with Crippen LogP contribution >= 0.6 is 17.0 Å². The molecule has 0 amide bonds. The van der Waals surface area contributed by atoms with Crippen LogP contribution in [0.1, 0.15) is 30.9 Å². The van der Waals surface area contributed by atoms with E-state index in [-0.39, 0.29) is 0 Å². The normalized spacial score (nSPS) is 10.6. The van der Waals surface area contributed by atoms with Crippen LogP contribution < -0.4 is 0 Å². The van der Waals surface area contributed by atoms with Crippen LogP contribution in [0.2, 0.25) is 0 Å². The average Bonchev–Trinajstić information content (AvgIpc) is 3.62.